The fraction of sp³-hybridized carbons (Fsp3) is 0.0909. The van der Waals surface area contributed by atoms with Gasteiger partial charge in [0.1, 0.15) is 0 Å². The maximum atomic E-state index is 12.8. The Morgan fingerprint density at radius 3 is 2.44 bits per heavy atom. The van der Waals surface area contributed by atoms with Crippen molar-refractivity contribution in [1.29, 1.82) is 0 Å². The second-order valence-electron chi connectivity index (χ2n) is 6.48. The second kappa shape index (κ2) is 6.93. The third-order valence-electron chi connectivity index (χ3n) is 4.56. The first-order valence-corrected chi connectivity index (χ1v) is 9.44. The number of hydrogen-bond donors (Lipinski definition) is 2. The Kier molecular flexibility index (Phi) is 4.46. The summed E-state index contributed by atoms with van der Waals surface area (Å²) in [4.78, 5) is 27.1. The lowest BCUT2D eigenvalue weighted by Crippen LogP contribution is -2.15. The zero-order valence-electron chi connectivity index (χ0n) is 15.0. The fourth-order valence-electron chi connectivity index (χ4n) is 3.11. The summed E-state index contributed by atoms with van der Waals surface area (Å²) in [5.74, 6) is -0.361. The Labute approximate surface area is 162 Å². The second-order valence-corrected chi connectivity index (χ2v) is 7.57. The summed E-state index contributed by atoms with van der Waals surface area (Å²) in [5, 5.41) is 5.91. The molecule has 5 heteroatoms. The molecule has 0 spiro atoms. The van der Waals surface area contributed by atoms with Crippen molar-refractivity contribution in [1.82, 2.24) is 0 Å². The molecule has 134 valence electrons. The quantitative estimate of drug-likeness (QED) is 0.642. The van der Waals surface area contributed by atoms with Crippen molar-refractivity contribution in [2.24, 2.45) is 0 Å². The summed E-state index contributed by atoms with van der Waals surface area (Å²) >= 11 is 1.52. The lowest BCUT2D eigenvalue weighted by molar-refractivity contribution is 0.101. The van der Waals surface area contributed by atoms with Crippen LogP contribution in [0.3, 0.4) is 0 Å². The molecule has 0 saturated carbocycles. The van der Waals surface area contributed by atoms with Gasteiger partial charge in [-0.2, -0.15) is 0 Å². The summed E-state index contributed by atoms with van der Waals surface area (Å²) in [5.41, 5.74) is 4.64. The zero-order valence-corrected chi connectivity index (χ0v) is 15.8. The number of benzene rings is 3. The van der Waals surface area contributed by atoms with Gasteiger partial charge in [-0.05, 0) is 55.3 Å². The Balaban J connectivity index is 1.65. The average molecular weight is 374 g/mol. The summed E-state index contributed by atoms with van der Waals surface area (Å²) in [6.07, 6.45) is 0. The minimum absolute atomic E-state index is 0.163. The fourth-order valence-corrected chi connectivity index (χ4v) is 4.12. The monoisotopic (exact) mass is 374 g/mol. The van der Waals surface area contributed by atoms with Crippen LogP contribution in [-0.2, 0) is 0 Å². The summed E-state index contributed by atoms with van der Waals surface area (Å²) < 4.78 is 0. The molecule has 0 radical (unpaired) electrons. The van der Waals surface area contributed by atoms with Crippen LogP contribution in [-0.4, -0.2) is 11.8 Å². The molecule has 3 aromatic carbocycles. The smallest absolute Gasteiger partial charge is 0.256 e. The molecule has 4 rings (SSSR count). The molecule has 4 nitrogen and oxygen atoms in total. The third-order valence-corrected chi connectivity index (χ3v) is 5.71. The number of amides is 2. The normalized spacial score (nSPS) is 12.4. The lowest BCUT2D eigenvalue weighted by Gasteiger charge is -2.13. The van der Waals surface area contributed by atoms with Crippen molar-refractivity contribution in [3.63, 3.8) is 0 Å². The lowest BCUT2D eigenvalue weighted by atomic mass is 10.1. The van der Waals surface area contributed by atoms with Crippen LogP contribution < -0.4 is 10.6 Å². The number of anilines is 2. The first-order valence-electron chi connectivity index (χ1n) is 8.63. The summed E-state index contributed by atoms with van der Waals surface area (Å²) in [7, 11) is 0. The maximum Gasteiger partial charge on any atom is 0.256 e. The molecule has 1 aliphatic heterocycles. The van der Waals surface area contributed by atoms with E-state index in [1.165, 1.54) is 11.8 Å². The van der Waals surface area contributed by atoms with E-state index in [0.29, 0.717) is 16.8 Å². The van der Waals surface area contributed by atoms with E-state index in [-0.39, 0.29) is 11.8 Å². The van der Waals surface area contributed by atoms with Gasteiger partial charge in [-0.25, -0.2) is 0 Å². The highest BCUT2D eigenvalue weighted by molar-refractivity contribution is 7.99. The Bertz CT molecular complexity index is 1060. The largest absolute Gasteiger partial charge is 0.322 e. The van der Waals surface area contributed by atoms with Gasteiger partial charge in [0.2, 0.25) is 0 Å². The summed E-state index contributed by atoms with van der Waals surface area (Å²) in [6.45, 7) is 3.93. The molecule has 1 heterocycles. The van der Waals surface area contributed by atoms with Gasteiger partial charge in [0.25, 0.3) is 11.8 Å². The number of carbonyl (C=O) groups is 2. The van der Waals surface area contributed by atoms with Crippen LogP contribution in [0, 0.1) is 13.8 Å². The van der Waals surface area contributed by atoms with Crippen molar-refractivity contribution < 1.29 is 9.59 Å². The Hall–Kier alpha value is -3.05. The number of nitrogens with one attached hydrogen (secondary N) is 2. The third kappa shape index (κ3) is 3.34. The molecule has 1 aliphatic rings. The molecule has 0 unspecified atom stereocenters. The minimum atomic E-state index is -0.198. The predicted molar refractivity (Wildman–Crippen MR) is 109 cm³/mol. The first kappa shape index (κ1) is 17.4. The standard InChI is InChI=1S/C22H18N2O2S/c1-13-6-5-7-14(2)20(13)24-21(25)15-10-11-19-17(12-15)23-22(26)16-8-3-4-9-18(16)27-19/h3-12H,1-2H3,(H,23,26)(H,24,25). The Morgan fingerprint density at radius 1 is 0.926 bits per heavy atom. The van der Waals surface area contributed by atoms with Crippen molar-refractivity contribution in [3.05, 3.63) is 82.9 Å². The van der Waals surface area contributed by atoms with Crippen LogP contribution in [0.25, 0.3) is 0 Å². The van der Waals surface area contributed by atoms with E-state index in [1.54, 1.807) is 18.2 Å². The molecule has 0 aromatic heterocycles. The van der Waals surface area contributed by atoms with E-state index < -0.39 is 0 Å². The van der Waals surface area contributed by atoms with Crippen LogP contribution in [0.2, 0.25) is 0 Å². The van der Waals surface area contributed by atoms with Crippen molar-refractivity contribution in [2.45, 2.75) is 23.6 Å². The highest BCUT2D eigenvalue weighted by Gasteiger charge is 2.21. The number of para-hydroxylation sites is 1. The maximum absolute atomic E-state index is 12.8. The van der Waals surface area contributed by atoms with E-state index in [2.05, 4.69) is 10.6 Å². The molecule has 3 aromatic rings. The highest BCUT2D eigenvalue weighted by atomic mass is 32.2. The van der Waals surface area contributed by atoms with Gasteiger partial charge in [0.05, 0.1) is 11.3 Å². The van der Waals surface area contributed by atoms with Gasteiger partial charge < -0.3 is 10.6 Å². The molecule has 0 aliphatic carbocycles. The molecule has 27 heavy (non-hydrogen) atoms. The minimum Gasteiger partial charge on any atom is -0.322 e. The highest BCUT2D eigenvalue weighted by Crippen LogP contribution is 2.39. The SMILES string of the molecule is Cc1cccc(C)c1NC(=O)c1ccc2c(c1)NC(=O)c1ccccc1S2. The van der Waals surface area contributed by atoms with Crippen molar-refractivity contribution in [2.75, 3.05) is 10.6 Å². The molecule has 0 bridgehead atoms. The van der Waals surface area contributed by atoms with Crippen molar-refractivity contribution >= 4 is 35.0 Å². The molecular formula is C22H18N2O2S. The van der Waals surface area contributed by atoms with Gasteiger partial charge in [-0.3, -0.25) is 9.59 Å². The zero-order chi connectivity index (χ0) is 19.0. The van der Waals surface area contributed by atoms with Gasteiger partial charge in [-0.15, -0.1) is 0 Å². The number of carbonyl (C=O) groups excluding carboxylic acids is 2. The van der Waals surface area contributed by atoms with E-state index in [1.807, 2.05) is 56.3 Å². The van der Waals surface area contributed by atoms with Gasteiger partial charge in [0.15, 0.2) is 0 Å². The van der Waals surface area contributed by atoms with E-state index in [0.717, 1.165) is 26.6 Å². The van der Waals surface area contributed by atoms with Crippen LogP contribution in [0.1, 0.15) is 31.8 Å². The first-order chi connectivity index (χ1) is 13.0. The predicted octanol–water partition coefficient (Wildman–Crippen LogP) is 5.27. The van der Waals surface area contributed by atoms with Crippen LogP contribution >= 0.6 is 11.8 Å². The number of rotatable bonds is 2. The molecule has 0 atom stereocenters. The number of aryl methyl sites for hydroxylation is 2. The molecule has 2 N–H and O–H groups in total. The van der Waals surface area contributed by atoms with Gasteiger partial charge >= 0.3 is 0 Å². The van der Waals surface area contributed by atoms with Crippen LogP contribution in [0.15, 0.2) is 70.5 Å². The number of fused-ring (bicyclic) bond motifs is 2. The van der Waals surface area contributed by atoms with E-state index >= 15 is 0 Å². The molecule has 2 amide bonds. The molecular weight excluding hydrogens is 356 g/mol. The number of hydrogen-bond acceptors (Lipinski definition) is 3. The average Bonchev–Trinajstić information content (AvgIpc) is 2.80. The summed E-state index contributed by atoms with van der Waals surface area (Å²) in [6, 6.07) is 18.8. The van der Waals surface area contributed by atoms with Gasteiger partial charge in [0, 0.05) is 21.0 Å². The molecule has 0 saturated heterocycles. The van der Waals surface area contributed by atoms with Gasteiger partial charge in [-0.1, -0.05) is 42.1 Å². The topological polar surface area (TPSA) is 58.2 Å². The Morgan fingerprint density at radius 2 is 1.67 bits per heavy atom. The van der Waals surface area contributed by atoms with Crippen LogP contribution in [0.5, 0.6) is 0 Å². The molecule has 0 fully saturated rings. The van der Waals surface area contributed by atoms with E-state index in [4.69, 9.17) is 0 Å². The van der Waals surface area contributed by atoms with Crippen molar-refractivity contribution in [3.8, 4) is 0 Å². The van der Waals surface area contributed by atoms with Crippen LogP contribution in [0.4, 0.5) is 11.4 Å². The van der Waals surface area contributed by atoms with E-state index in [9.17, 15) is 9.59 Å².